The van der Waals surface area contributed by atoms with Crippen LogP contribution in [0, 0.1) is 0 Å². The highest BCUT2D eigenvalue weighted by Gasteiger charge is 2.26. The molecule has 1 aromatic heterocycles. The molecule has 0 aliphatic heterocycles. The highest BCUT2D eigenvalue weighted by atomic mass is 19.4. The lowest BCUT2D eigenvalue weighted by Gasteiger charge is -2.12. The first-order valence-electron chi connectivity index (χ1n) is 4.31. The zero-order valence-corrected chi connectivity index (χ0v) is 7.77. The van der Waals surface area contributed by atoms with Gasteiger partial charge in [-0.2, -0.15) is 13.2 Å². The van der Waals surface area contributed by atoms with Gasteiger partial charge in [0.1, 0.15) is 0 Å². The summed E-state index contributed by atoms with van der Waals surface area (Å²) >= 11 is 0. The molecule has 0 saturated heterocycles. The summed E-state index contributed by atoms with van der Waals surface area (Å²) in [6.45, 7) is 1.72. The van der Waals surface area contributed by atoms with Gasteiger partial charge in [-0.3, -0.25) is 0 Å². The standard InChI is InChI=1S/C9H12F3NO/c1-7(8-2-5-14-6-8)13-4-3-9(10,11)12/h2,5-7,13H,3-4H2,1H3. The number of hydrogen-bond donors (Lipinski definition) is 1. The van der Waals surface area contributed by atoms with E-state index in [4.69, 9.17) is 4.42 Å². The van der Waals surface area contributed by atoms with Crippen molar-refractivity contribution in [1.29, 1.82) is 0 Å². The van der Waals surface area contributed by atoms with Gasteiger partial charge in [0.25, 0.3) is 0 Å². The lowest BCUT2D eigenvalue weighted by atomic mass is 10.2. The van der Waals surface area contributed by atoms with Crippen molar-refractivity contribution in [2.45, 2.75) is 25.6 Å². The lowest BCUT2D eigenvalue weighted by Crippen LogP contribution is -2.24. The van der Waals surface area contributed by atoms with E-state index < -0.39 is 12.6 Å². The molecule has 0 aromatic carbocycles. The molecule has 0 amide bonds. The molecule has 1 N–H and O–H groups in total. The SMILES string of the molecule is CC(NCCC(F)(F)F)c1ccoc1. The largest absolute Gasteiger partial charge is 0.472 e. The van der Waals surface area contributed by atoms with Gasteiger partial charge in [0.2, 0.25) is 0 Å². The second-order valence-corrected chi connectivity index (χ2v) is 3.10. The van der Waals surface area contributed by atoms with Crippen LogP contribution in [0.3, 0.4) is 0 Å². The molecular weight excluding hydrogens is 195 g/mol. The molecule has 0 aliphatic rings. The third-order valence-corrected chi connectivity index (χ3v) is 1.90. The third kappa shape index (κ3) is 3.83. The van der Waals surface area contributed by atoms with Crippen LogP contribution in [0.5, 0.6) is 0 Å². The predicted octanol–water partition coefficient (Wildman–Crippen LogP) is 2.88. The normalized spacial score (nSPS) is 14.3. The van der Waals surface area contributed by atoms with Gasteiger partial charge in [0.15, 0.2) is 0 Å². The van der Waals surface area contributed by atoms with Gasteiger partial charge in [-0.15, -0.1) is 0 Å². The molecule has 2 nitrogen and oxygen atoms in total. The fraction of sp³-hybridized carbons (Fsp3) is 0.556. The molecule has 1 unspecified atom stereocenters. The van der Waals surface area contributed by atoms with E-state index in [1.807, 2.05) is 0 Å². The van der Waals surface area contributed by atoms with Gasteiger partial charge in [-0.25, -0.2) is 0 Å². The first kappa shape index (κ1) is 11.1. The quantitative estimate of drug-likeness (QED) is 0.821. The number of alkyl halides is 3. The summed E-state index contributed by atoms with van der Waals surface area (Å²) in [5, 5.41) is 2.76. The van der Waals surface area contributed by atoms with Crippen LogP contribution < -0.4 is 5.32 Å². The Morgan fingerprint density at radius 3 is 2.71 bits per heavy atom. The summed E-state index contributed by atoms with van der Waals surface area (Å²) in [6, 6.07) is 1.61. The number of halogens is 3. The first-order valence-corrected chi connectivity index (χ1v) is 4.31. The van der Waals surface area contributed by atoms with Crippen LogP contribution in [0.2, 0.25) is 0 Å². The summed E-state index contributed by atoms with van der Waals surface area (Å²) in [6.07, 6.45) is -1.89. The van der Waals surface area contributed by atoms with Crippen LogP contribution >= 0.6 is 0 Å². The Labute approximate surface area is 80.1 Å². The molecule has 80 valence electrons. The van der Waals surface area contributed by atoms with Crippen molar-refractivity contribution in [3.8, 4) is 0 Å². The molecule has 0 bridgehead atoms. The summed E-state index contributed by atoms with van der Waals surface area (Å²) in [4.78, 5) is 0. The molecule has 0 aliphatic carbocycles. The highest BCUT2D eigenvalue weighted by Crippen LogP contribution is 2.19. The zero-order valence-electron chi connectivity index (χ0n) is 7.77. The van der Waals surface area contributed by atoms with E-state index >= 15 is 0 Å². The van der Waals surface area contributed by atoms with E-state index in [9.17, 15) is 13.2 Å². The maximum Gasteiger partial charge on any atom is 0.390 e. The Morgan fingerprint density at radius 1 is 1.50 bits per heavy atom. The van der Waals surface area contributed by atoms with Crippen molar-refractivity contribution in [3.05, 3.63) is 24.2 Å². The van der Waals surface area contributed by atoms with Crippen molar-refractivity contribution in [3.63, 3.8) is 0 Å². The van der Waals surface area contributed by atoms with Gasteiger partial charge < -0.3 is 9.73 Å². The van der Waals surface area contributed by atoms with E-state index in [1.165, 1.54) is 12.5 Å². The number of nitrogens with one attached hydrogen (secondary N) is 1. The molecule has 1 heterocycles. The van der Waals surface area contributed by atoms with Crippen LogP contribution in [0.15, 0.2) is 23.0 Å². The molecular formula is C9H12F3NO. The minimum atomic E-state index is -4.09. The smallest absolute Gasteiger partial charge is 0.390 e. The Hall–Kier alpha value is -0.970. The van der Waals surface area contributed by atoms with Crippen molar-refractivity contribution >= 4 is 0 Å². The lowest BCUT2D eigenvalue weighted by molar-refractivity contribution is -0.133. The molecule has 1 rings (SSSR count). The van der Waals surface area contributed by atoms with Crippen LogP contribution in [0.4, 0.5) is 13.2 Å². The summed E-state index contributed by atoms with van der Waals surface area (Å²) in [5.41, 5.74) is 0.854. The molecule has 14 heavy (non-hydrogen) atoms. The third-order valence-electron chi connectivity index (χ3n) is 1.90. The predicted molar refractivity (Wildman–Crippen MR) is 45.8 cm³/mol. The fourth-order valence-corrected chi connectivity index (χ4v) is 1.07. The van der Waals surface area contributed by atoms with Crippen molar-refractivity contribution in [2.24, 2.45) is 0 Å². The van der Waals surface area contributed by atoms with Gasteiger partial charge >= 0.3 is 6.18 Å². The molecule has 0 fully saturated rings. The summed E-state index contributed by atoms with van der Waals surface area (Å²) < 4.78 is 40.2. The van der Waals surface area contributed by atoms with Gasteiger partial charge in [0.05, 0.1) is 18.9 Å². The first-order chi connectivity index (χ1) is 6.49. The summed E-state index contributed by atoms with van der Waals surface area (Å²) in [5.74, 6) is 0. The minimum absolute atomic E-state index is 0.0736. The molecule has 1 aromatic rings. The maximum absolute atomic E-state index is 11.8. The molecule has 5 heteroatoms. The number of hydrogen-bond acceptors (Lipinski definition) is 2. The van der Waals surface area contributed by atoms with Crippen molar-refractivity contribution in [2.75, 3.05) is 6.54 Å². The van der Waals surface area contributed by atoms with E-state index in [-0.39, 0.29) is 12.6 Å². The van der Waals surface area contributed by atoms with Crippen LogP contribution in [-0.2, 0) is 0 Å². The van der Waals surface area contributed by atoms with Crippen LogP contribution in [0.1, 0.15) is 24.9 Å². The Bertz CT molecular complexity index is 256. The van der Waals surface area contributed by atoms with E-state index in [2.05, 4.69) is 5.32 Å². The maximum atomic E-state index is 11.8. The fourth-order valence-electron chi connectivity index (χ4n) is 1.07. The van der Waals surface area contributed by atoms with Gasteiger partial charge in [-0.05, 0) is 13.0 Å². The molecule has 0 radical (unpaired) electrons. The Balaban J connectivity index is 2.26. The monoisotopic (exact) mass is 207 g/mol. The summed E-state index contributed by atoms with van der Waals surface area (Å²) in [7, 11) is 0. The Morgan fingerprint density at radius 2 is 2.21 bits per heavy atom. The van der Waals surface area contributed by atoms with E-state index in [0.29, 0.717) is 0 Å². The topological polar surface area (TPSA) is 25.2 Å². The van der Waals surface area contributed by atoms with E-state index in [1.54, 1.807) is 13.0 Å². The Kier molecular flexibility index (Phi) is 3.57. The van der Waals surface area contributed by atoms with Gasteiger partial charge in [0, 0.05) is 18.2 Å². The number of rotatable bonds is 4. The average molecular weight is 207 g/mol. The van der Waals surface area contributed by atoms with Crippen molar-refractivity contribution in [1.82, 2.24) is 5.32 Å². The number of furan rings is 1. The molecule has 0 spiro atoms. The van der Waals surface area contributed by atoms with Crippen LogP contribution in [-0.4, -0.2) is 12.7 Å². The molecule has 1 atom stereocenters. The average Bonchev–Trinajstić information content (AvgIpc) is 2.53. The zero-order chi connectivity index (χ0) is 10.6. The van der Waals surface area contributed by atoms with E-state index in [0.717, 1.165) is 5.56 Å². The molecule has 0 saturated carbocycles. The second kappa shape index (κ2) is 4.50. The minimum Gasteiger partial charge on any atom is -0.472 e. The van der Waals surface area contributed by atoms with Crippen molar-refractivity contribution < 1.29 is 17.6 Å². The highest BCUT2D eigenvalue weighted by molar-refractivity contribution is 5.09. The van der Waals surface area contributed by atoms with Gasteiger partial charge in [-0.1, -0.05) is 0 Å². The van der Waals surface area contributed by atoms with Crippen LogP contribution in [0.25, 0.3) is 0 Å². The second-order valence-electron chi connectivity index (χ2n) is 3.10.